The normalized spacial score (nSPS) is 15.4. The van der Waals surface area contributed by atoms with Gasteiger partial charge in [0.15, 0.2) is 0 Å². The van der Waals surface area contributed by atoms with E-state index in [-0.39, 0.29) is 17.7 Å². The van der Waals surface area contributed by atoms with Crippen LogP contribution in [0.15, 0.2) is 47.4 Å². The minimum Gasteiger partial charge on any atom is -0.494 e. The Bertz CT molecular complexity index is 928. The number of nitrogens with zero attached hydrogens (tertiary/aromatic N) is 1. The fraction of sp³-hybridized carbons (Fsp3) is 0.238. The fourth-order valence-corrected chi connectivity index (χ4v) is 3.77. The molecule has 0 aliphatic carbocycles. The number of thioether (sulfide) groups is 1. The van der Waals surface area contributed by atoms with Crippen molar-refractivity contribution in [2.75, 3.05) is 13.2 Å². The molecule has 0 atom stereocenters. The molecule has 1 aliphatic rings. The number of benzene rings is 2. The van der Waals surface area contributed by atoms with E-state index in [1.165, 1.54) is 4.90 Å². The Morgan fingerprint density at radius 3 is 2.54 bits per heavy atom. The number of amides is 2. The number of hydrogen-bond donors (Lipinski definition) is 0. The van der Waals surface area contributed by atoms with Crippen molar-refractivity contribution in [2.24, 2.45) is 0 Å². The van der Waals surface area contributed by atoms with Crippen LogP contribution in [-0.2, 0) is 11.3 Å². The van der Waals surface area contributed by atoms with Gasteiger partial charge >= 0.3 is 0 Å². The third-order valence-corrected chi connectivity index (χ3v) is 5.32. The predicted octanol–water partition coefficient (Wildman–Crippen LogP) is 5.37. The standard InChI is InChI=1S/C21H20ClNO4S/c1-3-26-16-10-9-14(18(12-16)27-4-2)11-19-20(24)23(21(25)28-19)13-15-7-5-6-8-17(15)22/h5-12H,3-4,13H2,1-2H3/b19-11-. The number of halogens is 1. The summed E-state index contributed by atoms with van der Waals surface area (Å²) in [4.78, 5) is 26.7. The van der Waals surface area contributed by atoms with E-state index in [0.717, 1.165) is 17.3 Å². The summed E-state index contributed by atoms with van der Waals surface area (Å²) in [7, 11) is 0. The monoisotopic (exact) mass is 417 g/mol. The highest BCUT2D eigenvalue weighted by Gasteiger charge is 2.35. The summed E-state index contributed by atoms with van der Waals surface area (Å²) in [6.07, 6.45) is 1.68. The van der Waals surface area contributed by atoms with Gasteiger partial charge in [0.05, 0.1) is 24.7 Å². The van der Waals surface area contributed by atoms with Crippen molar-refractivity contribution in [3.05, 3.63) is 63.5 Å². The third kappa shape index (κ3) is 4.51. The van der Waals surface area contributed by atoms with Crippen LogP contribution in [0.4, 0.5) is 4.79 Å². The highest BCUT2D eigenvalue weighted by Crippen LogP contribution is 2.36. The predicted molar refractivity (Wildman–Crippen MR) is 112 cm³/mol. The molecule has 0 saturated carbocycles. The highest BCUT2D eigenvalue weighted by atomic mass is 35.5. The lowest BCUT2D eigenvalue weighted by Gasteiger charge is -2.13. The summed E-state index contributed by atoms with van der Waals surface area (Å²) in [5, 5.41) is 0.204. The zero-order chi connectivity index (χ0) is 20.1. The number of imide groups is 1. The molecule has 5 nitrogen and oxygen atoms in total. The van der Waals surface area contributed by atoms with Gasteiger partial charge in [0.2, 0.25) is 0 Å². The van der Waals surface area contributed by atoms with Crippen molar-refractivity contribution < 1.29 is 19.1 Å². The maximum atomic E-state index is 12.8. The van der Waals surface area contributed by atoms with Gasteiger partial charge in [-0.25, -0.2) is 0 Å². The second kappa shape index (κ2) is 9.17. The molecule has 28 heavy (non-hydrogen) atoms. The van der Waals surface area contributed by atoms with Crippen LogP contribution in [0.1, 0.15) is 25.0 Å². The van der Waals surface area contributed by atoms with Crippen molar-refractivity contribution in [3.8, 4) is 11.5 Å². The Hall–Kier alpha value is -2.44. The van der Waals surface area contributed by atoms with Crippen molar-refractivity contribution in [3.63, 3.8) is 0 Å². The van der Waals surface area contributed by atoms with Crippen LogP contribution in [0.2, 0.25) is 5.02 Å². The van der Waals surface area contributed by atoms with Crippen LogP contribution in [0.5, 0.6) is 11.5 Å². The molecule has 1 heterocycles. The Labute approximate surface area is 173 Å². The molecule has 0 unspecified atom stereocenters. The summed E-state index contributed by atoms with van der Waals surface area (Å²) >= 11 is 7.07. The molecule has 0 spiro atoms. The minimum absolute atomic E-state index is 0.142. The van der Waals surface area contributed by atoms with Crippen LogP contribution >= 0.6 is 23.4 Å². The fourth-order valence-electron chi connectivity index (χ4n) is 2.75. The first kappa shape index (κ1) is 20.3. The minimum atomic E-state index is -0.341. The molecule has 1 aliphatic heterocycles. The van der Waals surface area contributed by atoms with Gasteiger partial charge in [-0.3, -0.25) is 14.5 Å². The average Bonchev–Trinajstić information content (AvgIpc) is 2.93. The van der Waals surface area contributed by atoms with Crippen LogP contribution < -0.4 is 9.47 Å². The van der Waals surface area contributed by atoms with Gasteiger partial charge < -0.3 is 9.47 Å². The molecule has 0 N–H and O–H groups in total. The average molecular weight is 418 g/mol. The van der Waals surface area contributed by atoms with Crippen LogP contribution in [0.25, 0.3) is 6.08 Å². The zero-order valence-electron chi connectivity index (χ0n) is 15.6. The lowest BCUT2D eigenvalue weighted by atomic mass is 10.1. The van der Waals surface area contributed by atoms with E-state index in [9.17, 15) is 9.59 Å². The van der Waals surface area contributed by atoms with Crippen LogP contribution in [0, 0.1) is 0 Å². The topological polar surface area (TPSA) is 55.8 Å². The van der Waals surface area contributed by atoms with Crippen molar-refractivity contribution in [2.45, 2.75) is 20.4 Å². The molecular formula is C21H20ClNO4S. The number of carbonyl (C=O) groups is 2. The molecule has 2 aromatic carbocycles. The van der Waals surface area contributed by atoms with Crippen molar-refractivity contribution >= 4 is 40.6 Å². The molecule has 1 saturated heterocycles. The Kier molecular flexibility index (Phi) is 6.65. The first-order valence-corrected chi connectivity index (χ1v) is 10.1. The highest BCUT2D eigenvalue weighted by molar-refractivity contribution is 8.18. The Morgan fingerprint density at radius 2 is 1.82 bits per heavy atom. The molecule has 0 radical (unpaired) electrons. The van der Waals surface area contributed by atoms with Crippen molar-refractivity contribution in [1.82, 2.24) is 4.90 Å². The van der Waals surface area contributed by atoms with E-state index in [0.29, 0.717) is 40.2 Å². The van der Waals surface area contributed by atoms with E-state index >= 15 is 0 Å². The maximum absolute atomic E-state index is 12.8. The molecule has 7 heteroatoms. The van der Waals surface area contributed by atoms with Gasteiger partial charge in [0, 0.05) is 16.7 Å². The lowest BCUT2D eigenvalue weighted by molar-refractivity contribution is -0.123. The first-order valence-electron chi connectivity index (χ1n) is 8.92. The van der Waals surface area contributed by atoms with Gasteiger partial charge in [-0.2, -0.15) is 0 Å². The summed E-state index contributed by atoms with van der Waals surface area (Å²) in [6, 6.07) is 12.6. The quantitative estimate of drug-likeness (QED) is 0.566. The molecule has 146 valence electrons. The summed E-state index contributed by atoms with van der Waals surface area (Å²) in [6.45, 7) is 4.96. The van der Waals surface area contributed by atoms with E-state index in [4.69, 9.17) is 21.1 Å². The molecule has 1 fully saturated rings. The summed E-state index contributed by atoms with van der Waals surface area (Å²) < 4.78 is 11.2. The van der Waals surface area contributed by atoms with Crippen molar-refractivity contribution in [1.29, 1.82) is 0 Å². The molecule has 2 aromatic rings. The van der Waals surface area contributed by atoms with Gasteiger partial charge in [0.25, 0.3) is 11.1 Å². The number of ether oxygens (including phenoxy) is 2. The first-order chi connectivity index (χ1) is 13.5. The van der Waals surface area contributed by atoms with E-state index in [2.05, 4.69) is 0 Å². The van der Waals surface area contributed by atoms with Crippen LogP contribution in [-0.4, -0.2) is 29.3 Å². The number of carbonyl (C=O) groups excluding carboxylic acids is 2. The SMILES string of the molecule is CCOc1ccc(/C=C2\SC(=O)N(Cc3ccccc3Cl)C2=O)c(OCC)c1. The largest absolute Gasteiger partial charge is 0.494 e. The van der Waals surface area contributed by atoms with Gasteiger partial charge in [-0.05, 0) is 55.4 Å². The van der Waals surface area contributed by atoms with Gasteiger partial charge in [-0.15, -0.1) is 0 Å². The second-order valence-electron chi connectivity index (χ2n) is 5.92. The Balaban J connectivity index is 1.86. The summed E-state index contributed by atoms with van der Waals surface area (Å²) in [5.74, 6) is 0.951. The zero-order valence-corrected chi connectivity index (χ0v) is 17.2. The number of rotatable bonds is 7. The smallest absolute Gasteiger partial charge is 0.293 e. The molecular weight excluding hydrogens is 398 g/mol. The molecule has 0 aromatic heterocycles. The molecule has 2 amide bonds. The van der Waals surface area contributed by atoms with Crippen LogP contribution in [0.3, 0.4) is 0 Å². The van der Waals surface area contributed by atoms with Gasteiger partial charge in [0.1, 0.15) is 11.5 Å². The maximum Gasteiger partial charge on any atom is 0.293 e. The third-order valence-electron chi connectivity index (χ3n) is 4.04. The summed E-state index contributed by atoms with van der Waals surface area (Å²) in [5.41, 5.74) is 1.44. The second-order valence-corrected chi connectivity index (χ2v) is 7.33. The number of hydrogen-bond acceptors (Lipinski definition) is 5. The lowest BCUT2D eigenvalue weighted by Crippen LogP contribution is -2.27. The molecule has 0 bridgehead atoms. The van der Waals surface area contributed by atoms with E-state index in [1.54, 1.807) is 30.3 Å². The van der Waals surface area contributed by atoms with E-state index < -0.39 is 0 Å². The Morgan fingerprint density at radius 1 is 1.07 bits per heavy atom. The van der Waals surface area contributed by atoms with E-state index in [1.807, 2.05) is 32.0 Å². The van der Waals surface area contributed by atoms with Gasteiger partial charge in [-0.1, -0.05) is 29.8 Å². The molecule has 3 rings (SSSR count).